The van der Waals surface area contributed by atoms with Gasteiger partial charge in [-0.3, -0.25) is 4.79 Å². The number of likely N-dealkylation sites (tertiary alicyclic amines) is 1. The lowest BCUT2D eigenvalue weighted by molar-refractivity contribution is -0.142. The lowest BCUT2D eigenvalue weighted by atomic mass is 9.94. The van der Waals surface area contributed by atoms with E-state index in [1.165, 1.54) is 14.2 Å². The van der Waals surface area contributed by atoms with Crippen LogP contribution in [0.15, 0.2) is 6.07 Å². The predicted octanol–water partition coefficient (Wildman–Crippen LogP) is 1.97. The molecule has 0 bridgehead atoms. The van der Waals surface area contributed by atoms with Crippen LogP contribution in [-0.4, -0.2) is 67.1 Å². The Balaban J connectivity index is 1.58. The summed E-state index contributed by atoms with van der Waals surface area (Å²) in [5.41, 5.74) is 0. The summed E-state index contributed by atoms with van der Waals surface area (Å²) in [5, 5.41) is 0. The molecule has 1 aromatic rings. The second kappa shape index (κ2) is 7.59. The number of alkyl halides is 2. The van der Waals surface area contributed by atoms with E-state index in [2.05, 4.69) is 9.97 Å². The fourth-order valence-corrected chi connectivity index (χ4v) is 3.38. The Labute approximate surface area is 151 Å². The number of halogens is 2. The van der Waals surface area contributed by atoms with Gasteiger partial charge in [0.05, 0.1) is 20.3 Å². The minimum atomic E-state index is -2.64. The van der Waals surface area contributed by atoms with Gasteiger partial charge in [-0.1, -0.05) is 0 Å². The van der Waals surface area contributed by atoms with Crippen LogP contribution in [0.1, 0.15) is 25.7 Å². The van der Waals surface area contributed by atoms with Crippen LogP contribution in [0.25, 0.3) is 0 Å². The first-order valence-electron chi connectivity index (χ1n) is 8.80. The largest absolute Gasteiger partial charge is 0.481 e. The molecule has 3 heterocycles. The van der Waals surface area contributed by atoms with Gasteiger partial charge in [0.1, 0.15) is 0 Å². The van der Waals surface area contributed by atoms with E-state index in [1.807, 2.05) is 4.90 Å². The zero-order valence-corrected chi connectivity index (χ0v) is 15.1. The molecule has 7 nitrogen and oxygen atoms in total. The summed E-state index contributed by atoms with van der Waals surface area (Å²) < 4.78 is 36.9. The highest BCUT2D eigenvalue weighted by atomic mass is 19.3. The molecule has 3 rings (SSSR count). The number of nitrogens with zero attached hydrogens (tertiary/aromatic N) is 4. The summed E-state index contributed by atoms with van der Waals surface area (Å²) in [4.78, 5) is 24.8. The highest BCUT2D eigenvalue weighted by Gasteiger charge is 2.38. The van der Waals surface area contributed by atoms with Gasteiger partial charge in [0.2, 0.25) is 23.6 Å². The molecule has 0 atom stereocenters. The van der Waals surface area contributed by atoms with Gasteiger partial charge in [0.25, 0.3) is 5.92 Å². The molecule has 0 N–H and O–H groups in total. The molecule has 0 aromatic carbocycles. The Morgan fingerprint density at radius 3 is 2.12 bits per heavy atom. The number of rotatable bonds is 4. The molecular weight excluding hydrogens is 346 g/mol. The molecule has 1 aromatic heterocycles. The average molecular weight is 370 g/mol. The van der Waals surface area contributed by atoms with Crippen molar-refractivity contribution in [3.63, 3.8) is 0 Å². The van der Waals surface area contributed by atoms with E-state index in [1.54, 1.807) is 11.0 Å². The standard InChI is InChI=1S/C17H24F2N4O3/c1-25-13-11-14(26-2)21-16(20-13)23-7-3-12(4-8-23)15(24)22-9-5-17(18,19)6-10-22/h11-12H,3-10H2,1-2H3. The van der Waals surface area contributed by atoms with Crippen LogP contribution in [0, 0.1) is 5.92 Å². The van der Waals surface area contributed by atoms with E-state index < -0.39 is 5.92 Å². The highest BCUT2D eigenvalue weighted by Crippen LogP contribution is 2.30. The van der Waals surface area contributed by atoms with Crippen molar-refractivity contribution in [3.05, 3.63) is 6.07 Å². The van der Waals surface area contributed by atoms with Gasteiger partial charge < -0.3 is 19.3 Å². The number of amides is 1. The number of aromatic nitrogens is 2. The van der Waals surface area contributed by atoms with E-state index in [0.29, 0.717) is 43.6 Å². The van der Waals surface area contributed by atoms with Crippen molar-refractivity contribution < 1.29 is 23.0 Å². The van der Waals surface area contributed by atoms with E-state index >= 15 is 0 Å². The van der Waals surface area contributed by atoms with Crippen LogP contribution in [0.4, 0.5) is 14.7 Å². The van der Waals surface area contributed by atoms with Crippen molar-refractivity contribution in [2.75, 3.05) is 45.3 Å². The van der Waals surface area contributed by atoms with Crippen molar-refractivity contribution in [2.45, 2.75) is 31.6 Å². The van der Waals surface area contributed by atoms with Gasteiger partial charge in [0, 0.05) is 44.9 Å². The van der Waals surface area contributed by atoms with Crippen LogP contribution in [-0.2, 0) is 4.79 Å². The van der Waals surface area contributed by atoms with E-state index in [0.717, 1.165) is 0 Å². The number of carbonyl (C=O) groups excluding carboxylic acids is 1. The predicted molar refractivity (Wildman–Crippen MR) is 90.8 cm³/mol. The number of hydrogen-bond donors (Lipinski definition) is 0. The Morgan fingerprint density at radius 2 is 1.62 bits per heavy atom. The smallest absolute Gasteiger partial charge is 0.251 e. The van der Waals surface area contributed by atoms with E-state index in [9.17, 15) is 13.6 Å². The molecule has 9 heteroatoms. The maximum absolute atomic E-state index is 13.3. The minimum Gasteiger partial charge on any atom is -0.481 e. The molecule has 2 saturated heterocycles. The lowest BCUT2D eigenvalue weighted by Crippen LogP contribution is -2.47. The lowest BCUT2D eigenvalue weighted by Gasteiger charge is -2.37. The molecular formula is C17H24F2N4O3. The average Bonchev–Trinajstić information content (AvgIpc) is 2.67. The highest BCUT2D eigenvalue weighted by molar-refractivity contribution is 5.79. The molecule has 0 unspecified atom stereocenters. The summed E-state index contributed by atoms with van der Waals surface area (Å²) in [6.45, 7) is 1.53. The number of piperidine rings is 2. The summed E-state index contributed by atoms with van der Waals surface area (Å²) in [6, 6.07) is 1.60. The molecule has 0 saturated carbocycles. The number of ether oxygens (including phenoxy) is 2. The first-order chi connectivity index (χ1) is 12.4. The van der Waals surface area contributed by atoms with Gasteiger partial charge in [-0.05, 0) is 12.8 Å². The van der Waals surface area contributed by atoms with Crippen LogP contribution >= 0.6 is 0 Å². The summed E-state index contributed by atoms with van der Waals surface area (Å²) in [5.74, 6) is -1.44. The first-order valence-corrected chi connectivity index (χ1v) is 8.80. The van der Waals surface area contributed by atoms with Crippen LogP contribution in [0.2, 0.25) is 0 Å². The Bertz CT molecular complexity index is 619. The fourth-order valence-electron chi connectivity index (χ4n) is 3.38. The molecule has 2 aliphatic heterocycles. The third-order valence-corrected chi connectivity index (χ3v) is 5.02. The zero-order chi connectivity index (χ0) is 18.7. The molecule has 0 aliphatic carbocycles. The van der Waals surface area contributed by atoms with Gasteiger partial charge in [0.15, 0.2) is 0 Å². The third-order valence-electron chi connectivity index (χ3n) is 5.02. The summed E-state index contributed by atoms with van der Waals surface area (Å²) in [7, 11) is 3.05. The van der Waals surface area contributed by atoms with E-state index in [4.69, 9.17) is 9.47 Å². The maximum Gasteiger partial charge on any atom is 0.251 e. The van der Waals surface area contributed by atoms with Crippen molar-refractivity contribution in [1.82, 2.24) is 14.9 Å². The van der Waals surface area contributed by atoms with Crippen molar-refractivity contribution in [2.24, 2.45) is 5.92 Å². The second-order valence-corrected chi connectivity index (χ2v) is 6.70. The number of methoxy groups -OCH3 is 2. The molecule has 2 aliphatic rings. The SMILES string of the molecule is COc1cc(OC)nc(N2CCC(C(=O)N3CCC(F)(F)CC3)CC2)n1. The van der Waals surface area contributed by atoms with E-state index in [-0.39, 0.29) is 37.8 Å². The number of hydrogen-bond acceptors (Lipinski definition) is 6. The molecule has 1 amide bonds. The monoisotopic (exact) mass is 370 g/mol. The molecule has 2 fully saturated rings. The Hall–Kier alpha value is -2.19. The minimum absolute atomic E-state index is 0.00992. The third kappa shape index (κ3) is 4.13. The Kier molecular flexibility index (Phi) is 5.43. The van der Waals surface area contributed by atoms with Crippen LogP contribution in [0.5, 0.6) is 11.8 Å². The van der Waals surface area contributed by atoms with Crippen LogP contribution < -0.4 is 14.4 Å². The molecule has 144 valence electrons. The van der Waals surface area contributed by atoms with Crippen molar-refractivity contribution in [1.29, 1.82) is 0 Å². The van der Waals surface area contributed by atoms with Crippen LogP contribution in [0.3, 0.4) is 0 Å². The maximum atomic E-state index is 13.3. The quantitative estimate of drug-likeness (QED) is 0.807. The number of carbonyl (C=O) groups is 1. The topological polar surface area (TPSA) is 67.8 Å². The summed E-state index contributed by atoms with van der Waals surface area (Å²) in [6.07, 6.45) is 0.813. The normalized spacial score (nSPS) is 20.8. The van der Waals surface area contributed by atoms with Crippen molar-refractivity contribution in [3.8, 4) is 11.8 Å². The Morgan fingerprint density at radius 1 is 1.08 bits per heavy atom. The second-order valence-electron chi connectivity index (χ2n) is 6.70. The van der Waals surface area contributed by atoms with Gasteiger partial charge in [-0.15, -0.1) is 0 Å². The molecule has 0 radical (unpaired) electrons. The molecule has 0 spiro atoms. The first kappa shape index (κ1) is 18.6. The summed E-state index contributed by atoms with van der Waals surface area (Å²) >= 11 is 0. The number of anilines is 1. The molecule has 26 heavy (non-hydrogen) atoms. The van der Waals surface area contributed by atoms with Gasteiger partial charge in [-0.25, -0.2) is 8.78 Å². The van der Waals surface area contributed by atoms with Gasteiger partial charge in [-0.2, -0.15) is 9.97 Å². The van der Waals surface area contributed by atoms with Crippen molar-refractivity contribution >= 4 is 11.9 Å². The zero-order valence-electron chi connectivity index (χ0n) is 15.1. The van der Waals surface area contributed by atoms with Gasteiger partial charge >= 0.3 is 0 Å². The fraction of sp³-hybridized carbons (Fsp3) is 0.706.